The number of hydrogen-bond acceptors (Lipinski definition) is 6. The van der Waals surface area contributed by atoms with E-state index in [1.165, 1.54) is 5.56 Å². The highest BCUT2D eigenvalue weighted by molar-refractivity contribution is 5.74. The van der Waals surface area contributed by atoms with Gasteiger partial charge in [-0.15, -0.1) is 10.2 Å². The highest BCUT2D eigenvalue weighted by Gasteiger charge is 2.06. The van der Waals surface area contributed by atoms with Crippen LogP contribution in [0.3, 0.4) is 0 Å². The molecule has 8 heteroatoms. The molecule has 0 radical (unpaired) electrons. The number of nitriles is 1. The highest BCUT2D eigenvalue weighted by Crippen LogP contribution is 2.22. The van der Waals surface area contributed by atoms with Gasteiger partial charge in [0.2, 0.25) is 5.82 Å². The van der Waals surface area contributed by atoms with Gasteiger partial charge in [-0.2, -0.15) is 10.5 Å². The fraction of sp³-hybridized carbons (Fsp3) is 0.0556. The first-order valence-electron chi connectivity index (χ1n) is 7.89. The molecule has 8 nitrogen and oxygen atoms in total. The number of H-pyrrole nitrogens is 1. The summed E-state index contributed by atoms with van der Waals surface area (Å²) in [5.74, 6) is 0.247. The maximum atomic E-state index is 9.17. The predicted octanol–water partition coefficient (Wildman–Crippen LogP) is 2.80. The molecule has 0 atom stereocenters. The summed E-state index contributed by atoms with van der Waals surface area (Å²) in [6.45, 7) is 2.05. The van der Waals surface area contributed by atoms with Crippen LogP contribution in [0.4, 0.5) is 5.69 Å². The van der Waals surface area contributed by atoms with E-state index < -0.39 is 0 Å². The van der Waals surface area contributed by atoms with Crippen LogP contribution in [0.1, 0.15) is 11.4 Å². The van der Waals surface area contributed by atoms with Crippen LogP contribution < -0.4 is 5.32 Å². The van der Waals surface area contributed by atoms with Crippen molar-refractivity contribution in [3.05, 3.63) is 66.4 Å². The van der Waals surface area contributed by atoms with E-state index in [-0.39, 0.29) is 5.82 Å². The molecule has 2 N–H and O–H groups in total. The Morgan fingerprint density at radius 2 is 2.12 bits per heavy atom. The summed E-state index contributed by atoms with van der Waals surface area (Å²) in [6, 6.07) is 13.9. The van der Waals surface area contributed by atoms with Crippen LogP contribution >= 0.6 is 0 Å². The molecule has 0 spiro atoms. The molecule has 0 saturated carbocycles. The second-order valence-corrected chi connectivity index (χ2v) is 5.72. The molecule has 0 saturated heterocycles. The van der Waals surface area contributed by atoms with Gasteiger partial charge in [-0.1, -0.05) is 12.1 Å². The number of aromatic nitrogens is 6. The van der Waals surface area contributed by atoms with Gasteiger partial charge in [0.05, 0.1) is 5.69 Å². The van der Waals surface area contributed by atoms with Crippen LogP contribution in [0.25, 0.3) is 22.5 Å². The number of rotatable bonds is 4. The highest BCUT2D eigenvalue weighted by atomic mass is 15.5. The smallest absolute Gasteiger partial charge is 0.216 e. The molecular weight excluding hydrogens is 328 g/mol. The van der Waals surface area contributed by atoms with Crippen molar-refractivity contribution in [1.29, 1.82) is 5.26 Å². The Balaban J connectivity index is 1.55. The molecule has 0 aliphatic rings. The van der Waals surface area contributed by atoms with Crippen molar-refractivity contribution in [3.8, 4) is 17.3 Å². The Morgan fingerprint density at radius 3 is 2.85 bits per heavy atom. The third kappa shape index (κ3) is 3.01. The number of fused-ring (bicyclic) bond motifs is 1. The number of nitrogens with zero attached hydrogens (tertiary/aromatic N) is 6. The van der Waals surface area contributed by atoms with Crippen molar-refractivity contribution in [2.75, 3.05) is 5.32 Å². The number of anilines is 1. The van der Waals surface area contributed by atoms with Crippen molar-refractivity contribution >= 4 is 16.9 Å². The number of hydrogen-bond donors (Lipinski definition) is 2. The molecule has 0 aliphatic heterocycles. The second-order valence-electron chi connectivity index (χ2n) is 5.72. The molecule has 0 bridgehead atoms. The van der Waals surface area contributed by atoms with E-state index in [9.17, 15) is 0 Å². The SMILES string of the molecule is Cc1ccn2cc(-c3ccc(NC=C(C#N)c4nn[nH]n4)cc3)nc2c1. The van der Waals surface area contributed by atoms with Crippen molar-refractivity contribution in [1.82, 2.24) is 30.0 Å². The fourth-order valence-corrected chi connectivity index (χ4v) is 2.54. The monoisotopic (exact) mass is 342 g/mol. The number of nitrogens with one attached hydrogen (secondary N) is 2. The number of aromatic amines is 1. The number of pyridine rings is 1. The lowest BCUT2D eigenvalue weighted by molar-refractivity contribution is 0.881. The molecule has 3 aromatic heterocycles. The maximum absolute atomic E-state index is 9.17. The summed E-state index contributed by atoms with van der Waals surface area (Å²) in [6.07, 6.45) is 5.55. The zero-order valence-corrected chi connectivity index (χ0v) is 13.9. The standard InChI is InChI=1S/C18H14N8/c1-12-6-7-26-11-16(21-17(26)8-12)13-2-4-15(5-3-13)20-10-14(9-19)18-22-24-25-23-18/h2-8,10-11,20H,1H3,(H,22,23,24,25). The molecule has 3 heterocycles. The second kappa shape index (κ2) is 6.49. The van der Waals surface area contributed by atoms with Crippen molar-refractivity contribution in [2.24, 2.45) is 0 Å². The molecule has 26 heavy (non-hydrogen) atoms. The first-order chi connectivity index (χ1) is 12.7. The quantitative estimate of drug-likeness (QED) is 0.552. The summed E-state index contributed by atoms with van der Waals surface area (Å²) in [5, 5.41) is 25.6. The third-order valence-electron chi connectivity index (χ3n) is 3.89. The summed E-state index contributed by atoms with van der Waals surface area (Å²) in [4.78, 5) is 4.66. The normalized spacial score (nSPS) is 11.5. The van der Waals surface area contributed by atoms with Gasteiger partial charge in [0, 0.05) is 29.8 Å². The predicted molar refractivity (Wildman–Crippen MR) is 96.8 cm³/mol. The van der Waals surface area contributed by atoms with Gasteiger partial charge < -0.3 is 9.72 Å². The van der Waals surface area contributed by atoms with Gasteiger partial charge in [-0.05, 0) is 42.0 Å². The Kier molecular flexibility index (Phi) is 3.88. The van der Waals surface area contributed by atoms with Gasteiger partial charge in [0.15, 0.2) is 0 Å². The van der Waals surface area contributed by atoms with Crippen LogP contribution in [-0.4, -0.2) is 30.0 Å². The van der Waals surface area contributed by atoms with E-state index in [1.54, 1.807) is 6.20 Å². The summed E-state index contributed by atoms with van der Waals surface area (Å²) in [5.41, 5.74) is 5.14. The van der Waals surface area contributed by atoms with E-state index >= 15 is 0 Å². The summed E-state index contributed by atoms with van der Waals surface area (Å²) in [7, 11) is 0. The van der Waals surface area contributed by atoms with Crippen LogP contribution in [-0.2, 0) is 0 Å². The Bertz CT molecular complexity index is 1110. The van der Waals surface area contributed by atoms with Gasteiger partial charge in [0.25, 0.3) is 0 Å². The van der Waals surface area contributed by atoms with Gasteiger partial charge in [-0.25, -0.2) is 4.98 Å². The molecule has 4 rings (SSSR count). The average molecular weight is 342 g/mol. The minimum Gasteiger partial charge on any atom is -0.360 e. The minimum atomic E-state index is 0.247. The van der Waals surface area contributed by atoms with Crippen LogP contribution in [0.5, 0.6) is 0 Å². The summed E-state index contributed by atoms with van der Waals surface area (Å²) >= 11 is 0. The topological polar surface area (TPSA) is 108 Å². The average Bonchev–Trinajstić information content (AvgIpc) is 3.32. The van der Waals surface area contributed by atoms with Gasteiger partial charge in [-0.3, -0.25) is 0 Å². The molecular formula is C18H14N8. The van der Waals surface area contributed by atoms with Crippen molar-refractivity contribution in [2.45, 2.75) is 6.92 Å². The van der Waals surface area contributed by atoms with Gasteiger partial charge in [0.1, 0.15) is 17.3 Å². The van der Waals surface area contributed by atoms with Gasteiger partial charge >= 0.3 is 0 Å². The zero-order valence-electron chi connectivity index (χ0n) is 13.9. The minimum absolute atomic E-state index is 0.247. The van der Waals surface area contributed by atoms with Crippen molar-refractivity contribution in [3.63, 3.8) is 0 Å². The fourth-order valence-electron chi connectivity index (χ4n) is 2.54. The van der Waals surface area contributed by atoms with E-state index in [0.717, 1.165) is 22.6 Å². The lowest BCUT2D eigenvalue weighted by atomic mass is 10.1. The first-order valence-corrected chi connectivity index (χ1v) is 7.89. The van der Waals surface area contributed by atoms with E-state index in [2.05, 4.69) is 30.9 Å². The molecule has 0 amide bonds. The van der Waals surface area contributed by atoms with Crippen molar-refractivity contribution < 1.29 is 0 Å². The van der Waals surface area contributed by atoms with E-state index in [0.29, 0.717) is 5.57 Å². The molecule has 0 unspecified atom stereocenters. The Hall–Kier alpha value is -3.99. The van der Waals surface area contributed by atoms with Crippen LogP contribution in [0.2, 0.25) is 0 Å². The van der Waals surface area contributed by atoms with Crippen LogP contribution in [0.15, 0.2) is 55.0 Å². The van der Waals surface area contributed by atoms with E-state index in [4.69, 9.17) is 5.26 Å². The lowest BCUT2D eigenvalue weighted by Crippen LogP contribution is -1.93. The molecule has 0 fully saturated rings. The molecule has 4 aromatic rings. The molecule has 126 valence electrons. The number of benzene rings is 1. The lowest BCUT2D eigenvalue weighted by Gasteiger charge is -2.02. The number of allylic oxidation sites excluding steroid dienone is 1. The summed E-state index contributed by atoms with van der Waals surface area (Å²) < 4.78 is 2.00. The number of aryl methyl sites for hydroxylation is 1. The number of tetrazole rings is 1. The molecule has 1 aromatic carbocycles. The first kappa shape index (κ1) is 15.5. The maximum Gasteiger partial charge on any atom is 0.216 e. The van der Waals surface area contributed by atoms with E-state index in [1.807, 2.05) is 66.2 Å². The molecule has 0 aliphatic carbocycles. The van der Waals surface area contributed by atoms with Crippen LogP contribution in [0, 0.1) is 18.3 Å². The Morgan fingerprint density at radius 1 is 1.27 bits per heavy atom. The Labute approximate surface area is 148 Å². The largest absolute Gasteiger partial charge is 0.360 e. The number of imidazole rings is 1. The zero-order chi connectivity index (χ0) is 17.9. The third-order valence-corrected chi connectivity index (χ3v) is 3.89.